The van der Waals surface area contributed by atoms with Gasteiger partial charge in [0, 0.05) is 0 Å². The smallest absolute Gasteiger partial charge is 0.258 e. The molecule has 2 heterocycles. The average Bonchev–Trinajstić information content (AvgIpc) is 2.69. The number of morpholine rings is 1. The van der Waals surface area contributed by atoms with Crippen LogP contribution in [0.2, 0.25) is 0 Å². The number of rotatable bonds is 3. The van der Waals surface area contributed by atoms with Crippen molar-refractivity contribution in [3.8, 4) is 0 Å². The lowest BCUT2D eigenvalue weighted by molar-refractivity contribution is -0.172. The number of carbonyl (C=O) groups excluding carboxylic acids is 2. The Morgan fingerprint density at radius 2 is 1.88 bits per heavy atom. The maximum Gasteiger partial charge on any atom is 0.258 e. The first-order valence-electron chi connectivity index (χ1n) is 5.67. The minimum Gasteiger partial charge on any atom is -0.388 e. The zero-order chi connectivity index (χ0) is 11.9. The van der Waals surface area contributed by atoms with Crippen LogP contribution in [0.3, 0.4) is 0 Å². The second-order valence-corrected chi connectivity index (χ2v) is 4.80. The molecule has 2 saturated heterocycles. The fourth-order valence-electron chi connectivity index (χ4n) is 2.06. The molecule has 2 rings (SSSR count). The molecule has 2 bridgehead atoms. The van der Waals surface area contributed by atoms with Gasteiger partial charge >= 0.3 is 0 Å². The van der Waals surface area contributed by atoms with Crippen LogP contribution in [0.25, 0.3) is 0 Å². The van der Waals surface area contributed by atoms with Crippen molar-refractivity contribution in [2.24, 2.45) is 0 Å². The molecule has 1 N–H and O–H groups in total. The molecule has 90 valence electrons. The highest BCUT2D eigenvalue weighted by molar-refractivity contribution is 6.02. The van der Waals surface area contributed by atoms with Gasteiger partial charge in [0.15, 0.2) is 0 Å². The van der Waals surface area contributed by atoms with E-state index in [1.165, 1.54) is 0 Å². The van der Waals surface area contributed by atoms with Gasteiger partial charge in [0.2, 0.25) is 0 Å². The van der Waals surface area contributed by atoms with Gasteiger partial charge in [-0.3, -0.25) is 14.5 Å². The van der Waals surface area contributed by atoms with Crippen LogP contribution in [-0.4, -0.2) is 46.2 Å². The summed E-state index contributed by atoms with van der Waals surface area (Å²) in [4.78, 5) is 24.9. The number of hydrogen-bond donors (Lipinski definition) is 1. The lowest BCUT2D eigenvalue weighted by Gasteiger charge is -2.34. The highest BCUT2D eigenvalue weighted by Gasteiger charge is 2.47. The van der Waals surface area contributed by atoms with Crippen molar-refractivity contribution in [2.75, 3.05) is 6.54 Å². The van der Waals surface area contributed by atoms with Crippen LogP contribution in [0.4, 0.5) is 0 Å². The number of hydrogen-bond acceptors (Lipinski definition) is 4. The summed E-state index contributed by atoms with van der Waals surface area (Å²) in [5, 5.41) is 9.92. The van der Waals surface area contributed by atoms with E-state index in [1.54, 1.807) is 6.92 Å². The van der Waals surface area contributed by atoms with Crippen molar-refractivity contribution in [2.45, 2.75) is 50.9 Å². The molecule has 2 aliphatic rings. The lowest BCUT2D eigenvalue weighted by Crippen LogP contribution is -2.56. The maximum absolute atomic E-state index is 11.9. The molecule has 2 amide bonds. The summed E-state index contributed by atoms with van der Waals surface area (Å²) in [6.45, 7) is 3.52. The summed E-state index contributed by atoms with van der Waals surface area (Å²) < 4.78 is 5.28. The number of aliphatic hydroxyl groups is 1. The van der Waals surface area contributed by atoms with Gasteiger partial charge in [-0.1, -0.05) is 6.92 Å². The Balaban J connectivity index is 2.14. The molecule has 16 heavy (non-hydrogen) atoms. The van der Waals surface area contributed by atoms with Gasteiger partial charge in [0.05, 0.1) is 12.1 Å². The van der Waals surface area contributed by atoms with Crippen LogP contribution >= 0.6 is 0 Å². The Hall–Kier alpha value is -0.940. The number of ether oxygens (including phenoxy) is 1. The Labute approximate surface area is 94.4 Å². The van der Waals surface area contributed by atoms with Crippen LogP contribution < -0.4 is 0 Å². The molecular formula is C11H17NO4. The van der Waals surface area contributed by atoms with Crippen LogP contribution in [0.5, 0.6) is 0 Å². The number of amides is 2. The molecule has 0 aromatic carbocycles. The van der Waals surface area contributed by atoms with Crippen LogP contribution in [0.1, 0.15) is 33.1 Å². The predicted molar refractivity (Wildman–Crippen MR) is 55.5 cm³/mol. The highest BCUT2D eigenvalue weighted by atomic mass is 16.5. The molecule has 3 atom stereocenters. The lowest BCUT2D eigenvalue weighted by atomic mass is 10.0. The van der Waals surface area contributed by atoms with Gasteiger partial charge < -0.3 is 9.84 Å². The molecule has 0 radical (unpaired) electrons. The van der Waals surface area contributed by atoms with Crippen LogP contribution in [0, 0.1) is 0 Å². The van der Waals surface area contributed by atoms with Crippen molar-refractivity contribution < 1.29 is 19.4 Å². The highest BCUT2D eigenvalue weighted by Crippen LogP contribution is 2.29. The molecule has 5 heteroatoms. The van der Waals surface area contributed by atoms with Crippen molar-refractivity contribution >= 4 is 11.8 Å². The first-order chi connectivity index (χ1) is 7.44. The van der Waals surface area contributed by atoms with Gasteiger partial charge in [-0.25, -0.2) is 0 Å². The van der Waals surface area contributed by atoms with Gasteiger partial charge in [-0.15, -0.1) is 0 Å². The standard InChI is InChI=1S/C11H17NO4/c1-3-11(2,15)6-12-9(13)7-4-5-8(16-7)10(12)14/h7-8,15H,3-6H2,1-2H3. The van der Waals surface area contributed by atoms with E-state index >= 15 is 0 Å². The summed E-state index contributed by atoms with van der Waals surface area (Å²) in [6, 6.07) is 0. The van der Waals surface area contributed by atoms with Gasteiger partial charge in [-0.05, 0) is 26.2 Å². The average molecular weight is 227 g/mol. The number of fused-ring (bicyclic) bond motifs is 2. The number of imide groups is 1. The topological polar surface area (TPSA) is 66.8 Å². The molecular weight excluding hydrogens is 210 g/mol. The van der Waals surface area contributed by atoms with E-state index < -0.39 is 17.8 Å². The quantitative estimate of drug-likeness (QED) is 0.692. The summed E-state index contributed by atoms with van der Waals surface area (Å²) in [6.07, 6.45) is 0.769. The van der Waals surface area contributed by atoms with E-state index in [2.05, 4.69) is 0 Å². The molecule has 5 nitrogen and oxygen atoms in total. The fraction of sp³-hybridized carbons (Fsp3) is 0.818. The molecule has 0 spiro atoms. The minimum atomic E-state index is -1.01. The number of carbonyl (C=O) groups is 2. The first kappa shape index (κ1) is 11.5. The Morgan fingerprint density at radius 1 is 1.38 bits per heavy atom. The Morgan fingerprint density at radius 3 is 2.31 bits per heavy atom. The van der Waals surface area contributed by atoms with Gasteiger partial charge in [0.25, 0.3) is 11.8 Å². The van der Waals surface area contributed by atoms with E-state index in [9.17, 15) is 14.7 Å². The van der Waals surface area contributed by atoms with Gasteiger partial charge in [0.1, 0.15) is 12.2 Å². The van der Waals surface area contributed by atoms with E-state index in [1.807, 2.05) is 6.92 Å². The first-order valence-corrected chi connectivity index (χ1v) is 5.67. The predicted octanol–water partition coefficient (Wildman–Crippen LogP) is 0.0638. The summed E-state index contributed by atoms with van der Waals surface area (Å²) in [5.41, 5.74) is -1.01. The van der Waals surface area contributed by atoms with E-state index in [0.717, 1.165) is 4.90 Å². The maximum atomic E-state index is 11.9. The van der Waals surface area contributed by atoms with Gasteiger partial charge in [-0.2, -0.15) is 0 Å². The van der Waals surface area contributed by atoms with E-state index in [4.69, 9.17) is 4.74 Å². The van der Waals surface area contributed by atoms with Crippen molar-refractivity contribution in [3.05, 3.63) is 0 Å². The summed E-state index contributed by atoms with van der Waals surface area (Å²) in [7, 11) is 0. The summed E-state index contributed by atoms with van der Waals surface area (Å²) in [5.74, 6) is -0.597. The Kier molecular flexibility index (Phi) is 2.75. The molecule has 0 aromatic heterocycles. The monoisotopic (exact) mass is 227 g/mol. The molecule has 0 aromatic rings. The van der Waals surface area contributed by atoms with Crippen molar-refractivity contribution in [3.63, 3.8) is 0 Å². The van der Waals surface area contributed by atoms with Crippen LogP contribution in [-0.2, 0) is 14.3 Å². The number of likely N-dealkylation sites (tertiary alicyclic amines) is 1. The van der Waals surface area contributed by atoms with Crippen LogP contribution in [0.15, 0.2) is 0 Å². The minimum absolute atomic E-state index is 0.0670. The summed E-state index contributed by atoms with van der Waals surface area (Å²) >= 11 is 0. The molecule has 2 aliphatic heterocycles. The van der Waals surface area contributed by atoms with Crippen molar-refractivity contribution in [1.82, 2.24) is 4.90 Å². The second kappa shape index (κ2) is 3.82. The SMILES string of the molecule is CCC(C)(O)CN1C(=O)C2CCC(O2)C1=O. The zero-order valence-corrected chi connectivity index (χ0v) is 9.60. The van der Waals surface area contributed by atoms with Crippen molar-refractivity contribution in [1.29, 1.82) is 0 Å². The molecule has 0 aliphatic carbocycles. The normalized spacial score (nSPS) is 33.1. The zero-order valence-electron chi connectivity index (χ0n) is 9.60. The third-order valence-electron chi connectivity index (χ3n) is 3.36. The Bertz CT molecular complexity index is 304. The number of nitrogens with zero attached hydrogens (tertiary/aromatic N) is 1. The molecule has 2 fully saturated rings. The number of β-amino-alcohol motifs (C(OH)–C–C–N with tert-alkyl or cyclic N) is 1. The van der Waals surface area contributed by atoms with E-state index in [0.29, 0.717) is 19.3 Å². The molecule has 3 unspecified atom stereocenters. The molecule has 0 saturated carbocycles. The second-order valence-electron chi connectivity index (χ2n) is 4.80. The largest absolute Gasteiger partial charge is 0.388 e. The van der Waals surface area contributed by atoms with E-state index in [-0.39, 0.29) is 18.4 Å². The fourth-order valence-corrected chi connectivity index (χ4v) is 2.06. The third-order valence-corrected chi connectivity index (χ3v) is 3.36. The third kappa shape index (κ3) is 1.85.